The van der Waals surface area contributed by atoms with Crippen molar-refractivity contribution >= 4 is 33.0 Å². The maximum Gasteiger partial charge on any atom is 0.238 e. The van der Waals surface area contributed by atoms with E-state index in [9.17, 15) is 12.8 Å². The Hall–Kier alpha value is -3.36. The molecule has 0 radical (unpaired) electrons. The highest BCUT2D eigenvalue weighted by Crippen LogP contribution is 2.34. The number of nitrogens with one attached hydrogen (secondary N) is 1. The van der Waals surface area contributed by atoms with E-state index in [4.69, 9.17) is 20.8 Å². The zero-order chi connectivity index (χ0) is 22.0. The highest BCUT2D eigenvalue weighted by Gasteiger charge is 2.29. The van der Waals surface area contributed by atoms with Gasteiger partial charge < -0.3 is 14.5 Å². The van der Waals surface area contributed by atoms with Crippen LogP contribution in [0.4, 0.5) is 16.0 Å². The van der Waals surface area contributed by atoms with Gasteiger partial charge in [-0.05, 0) is 72.8 Å². The largest absolute Gasteiger partial charge is 0.497 e. The van der Waals surface area contributed by atoms with Crippen molar-refractivity contribution in [3.05, 3.63) is 83.6 Å². The standard InChI is InChI=1S/C22H16ClFN2O4S/c1-29-18-10-2-14(3-11-18)20-26-22(31(27,28)19-12-6-16(24)7-13-19)21(30-20)25-17-8-4-15(23)5-9-17/h2-13,25H,1H3. The van der Waals surface area contributed by atoms with E-state index in [0.29, 0.717) is 22.0 Å². The SMILES string of the molecule is COc1ccc(-c2nc(S(=O)(=O)c3ccc(F)cc3)c(Nc3ccc(Cl)cc3)o2)cc1. The number of aromatic nitrogens is 1. The van der Waals surface area contributed by atoms with Crippen LogP contribution in [0.15, 0.2) is 87.1 Å². The van der Waals surface area contributed by atoms with Gasteiger partial charge in [-0.3, -0.25) is 0 Å². The van der Waals surface area contributed by atoms with Crippen LogP contribution in [0.2, 0.25) is 5.02 Å². The molecular weight excluding hydrogens is 443 g/mol. The summed E-state index contributed by atoms with van der Waals surface area (Å²) in [4.78, 5) is 4.13. The molecule has 0 unspecified atom stereocenters. The van der Waals surface area contributed by atoms with Crippen LogP contribution in [0.25, 0.3) is 11.5 Å². The summed E-state index contributed by atoms with van der Waals surface area (Å²) in [7, 11) is -2.56. The maximum absolute atomic E-state index is 13.3. The molecule has 4 rings (SSSR count). The van der Waals surface area contributed by atoms with E-state index in [-0.39, 0.29) is 21.7 Å². The van der Waals surface area contributed by atoms with Crippen LogP contribution >= 0.6 is 11.6 Å². The minimum absolute atomic E-state index is 0.0718. The normalized spacial score (nSPS) is 11.3. The van der Waals surface area contributed by atoms with Gasteiger partial charge in [0.15, 0.2) is 0 Å². The molecule has 1 heterocycles. The zero-order valence-electron chi connectivity index (χ0n) is 16.2. The van der Waals surface area contributed by atoms with Gasteiger partial charge in [-0.15, -0.1) is 0 Å². The van der Waals surface area contributed by atoms with Crippen LogP contribution in [0.3, 0.4) is 0 Å². The zero-order valence-corrected chi connectivity index (χ0v) is 17.7. The van der Waals surface area contributed by atoms with Gasteiger partial charge in [0.25, 0.3) is 0 Å². The molecule has 0 aliphatic heterocycles. The number of anilines is 2. The summed E-state index contributed by atoms with van der Waals surface area (Å²) in [6, 6.07) is 18.0. The van der Waals surface area contributed by atoms with Crippen molar-refractivity contribution in [3.63, 3.8) is 0 Å². The Kier molecular flexibility index (Phi) is 5.67. The molecule has 1 aromatic heterocycles. The number of sulfone groups is 1. The van der Waals surface area contributed by atoms with E-state index in [2.05, 4.69) is 10.3 Å². The second-order valence-electron chi connectivity index (χ2n) is 6.47. The molecule has 1 N–H and O–H groups in total. The minimum atomic E-state index is -4.10. The Labute approximate surface area is 183 Å². The molecule has 0 fully saturated rings. The van der Waals surface area contributed by atoms with Gasteiger partial charge in [0.2, 0.25) is 26.6 Å². The Morgan fingerprint density at radius 2 is 1.61 bits per heavy atom. The number of nitrogens with zero attached hydrogens (tertiary/aromatic N) is 1. The topological polar surface area (TPSA) is 81.4 Å². The molecule has 6 nitrogen and oxygen atoms in total. The maximum atomic E-state index is 13.3. The lowest BCUT2D eigenvalue weighted by atomic mass is 10.2. The lowest BCUT2D eigenvalue weighted by Gasteiger charge is -2.06. The minimum Gasteiger partial charge on any atom is -0.497 e. The van der Waals surface area contributed by atoms with E-state index in [1.807, 2.05) is 0 Å². The number of hydrogen-bond acceptors (Lipinski definition) is 6. The number of rotatable bonds is 6. The van der Waals surface area contributed by atoms with Gasteiger partial charge in [0, 0.05) is 16.3 Å². The summed E-state index contributed by atoms with van der Waals surface area (Å²) in [6.45, 7) is 0. The molecule has 0 spiro atoms. The number of benzene rings is 3. The first-order valence-corrected chi connectivity index (χ1v) is 10.9. The number of hydrogen-bond donors (Lipinski definition) is 1. The van der Waals surface area contributed by atoms with E-state index in [0.717, 1.165) is 12.1 Å². The van der Waals surface area contributed by atoms with E-state index >= 15 is 0 Å². The van der Waals surface area contributed by atoms with Crippen molar-refractivity contribution in [2.75, 3.05) is 12.4 Å². The van der Waals surface area contributed by atoms with Gasteiger partial charge in [0.05, 0.1) is 12.0 Å². The Bertz CT molecular complexity index is 1300. The van der Waals surface area contributed by atoms with Crippen LogP contribution in [0, 0.1) is 5.82 Å². The fourth-order valence-corrected chi connectivity index (χ4v) is 4.20. The van der Waals surface area contributed by atoms with Gasteiger partial charge >= 0.3 is 0 Å². The van der Waals surface area contributed by atoms with Crippen molar-refractivity contribution in [3.8, 4) is 17.2 Å². The fourth-order valence-electron chi connectivity index (χ4n) is 2.81. The van der Waals surface area contributed by atoms with Gasteiger partial charge in [0.1, 0.15) is 11.6 Å². The van der Waals surface area contributed by atoms with Crippen LogP contribution in [-0.4, -0.2) is 20.5 Å². The van der Waals surface area contributed by atoms with Crippen molar-refractivity contribution in [2.45, 2.75) is 9.92 Å². The van der Waals surface area contributed by atoms with E-state index in [1.165, 1.54) is 12.1 Å². The summed E-state index contributed by atoms with van der Waals surface area (Å²) in [5, 5.41) is 3.14. The van der Waals surface area contributed by atoms with Crippen molar-refractivity contribution < 1.29 is 22.0 Å². The Morgan fingerprint density at radius 3 is 2.23 bits per heavy atom. The van der Waals surface area contributed by atoms with Crippen LogP contribution in [-0.2, 0) is 9.84 Å². The highest BCUT2D eigenvalue weighted by molar-refractivity contribution is 7.91. The van der Waals surface area contributed by atoms with Crippen LogP contribution in [0.5, 0.6) is 5.75 Å². The molecule has 0 aliphatic carbocycles. The first-order valence-electron chi connectivity index (χ1n) is 9.05. The molecule has 4 aromatic rings. The molecule has 0 saturated heterocycles. The molecule has 0 saturated carbocycles. The third-order valence-electron chi connectivity index (χ3n) is 4.41. The molecule has 0 bridgehead atoms. The van der Waals surface area contributed by atoms with Gasteiger partial charge in [-0.2, -0.15) is 4.98 Å². The average molecular weight is 459 g/mol. The monoisotopic (exact) mass is 458 g/mol. The second kappa shape index (κ2) is 8.41. The van der Waals surface area contributed by atoms with E-state index < -0.39 is 15.7 Å². The molecule has 0 aliphatic rings. The molecule has 9 heteroatoms. The fraction of sp³-hybridized carbons (Fsp3) is 0.0455. The third kappa shape index (κ3) is 4.40. The van der Waals surface area contributed by atoms with Crippen molar-refractivity contribution in [1.29, 1.82) is 0 Å². The predicted molar refractivity (Wildman–Crippen MR) is 115 cm³/mol. The number of oxazole rings is 1. The van der Waals surface area contributed by atoms with Crippen molar-refractivity contribution in [1.82, 2.24) is 4.98 Å². The van der Waals surface area contributed by atoms with Crippen LogP contribution < -0.4 is 10.1 Å². The predicted octanol–water partition coefficient (Wildman–Crippen LogP) is 5.72. The van der Waals surface area contributed by atoms with E-state index in [1.54, 1.807) is 55.6 Å². The smallest absolute Gasteiger partial charge is 0.238 e. The second-order valence-corrected chi connectivity index (χ2v) is 8.77. The summed E-state index contributed by atoms with van der Waals surface area (Å²) >= 11 is 5.92. The highest BCUT2D eigenvalue weighted by atomic mass is 35.5. The third-order valence-corrected chi connectivity index (χ3v) is 6.34. The summed E-state index contributed by atoms with van der Waals surface area (Å²) in [5.41, 5.74) is 1.11. The molecule has 0 atom stereocenters. The molecule has 158 valence electrons. The Morgan fingerprint density at radius 1 is 0.968 bits per heavy atom. The quantitative estimate of drug-likeness (QED) is 0.372. The lowest BCUT2D eigenvalue weighted by Crippen LogP contribution is -2.05. The molecule has 31 heavy (non-hydrogen) atoms. The molecule has 3 aromatic carbocycles. The molecule has 0 amide bonds. The first-order chi connectivity index (χ1) is 14.9. The number of methoxy groups -OCH3 is 1. The average Bonchev–Trinajstić information content (AvgIpc) is 3.20. The number of halogens is 2. The van der Waals surface area contributed by atoms with Gasteiger partial charge in [-0.25, -0.2) is 12.8 Å². The summed E-state index contributed by atoms with van der Waals surface area (Å²) < 4.78 is 50.7. The van der Waals surface area contributed by atoms with Crippen molar-refractivity contribution in [2.24, 2.45) is 0 Å². The lowest BCUT2D eigenvalue weighted by molar-refractivity contribution is 0.415. The number of ether oxygens (including phenoxy) is 1. The summed E-state index contributed by atoms with van der Waals surface area (Å²) in [5.74, 6) is 0.115. The first kappa shape index (κ1) is 20.9. The van der Waals surface area contributed by atoms with Gasteiger partial charge in [-0.1, -0.05) is 11.6 Å². The van der Waals surface area contributed by atoms with Crippen LogP contribution in [0.1, 0.15) is 0 Å². The molecular formula is C22H16ClFN2O4S. The Balaban J connectivity index is 1.81. The summed E-state index contributed by atoms with van der Waals surface area (Å²) in [6.07, 6.45) is 0.